The first-order valence-electron chi connectivity index (χ1n) is 6.93. The summed E-state index contributed by atoms with van der Waals surface area (Å²) in [5.41, 5.74) is 0.624. The van der Waals surface area contributed by atoms with Crippen molar-refractivity contribution in [2.75, 3.05) is 26.6 Å². The Bertz CT molecular complexity index is 797. The van der Waals surface area contributed by atoms with E-state index in [0.717, 1.165) is 0 Å². The third-order valence-electron chi connectivity index (χ3n) is 3.12. The van der Waals surface area contributed by atoms with Crippen LogP contribution in [0.4, 0.5) is 12.0 Å². The summed E-state index contributed by atoms with van der Waals surface area (Å²) in [7, 11) is 4.61. The van der Waals surface area contributed by atoms with Gasteiger partial charge < -0.3 is 18.6 Å². The van der Waals surface area contributed by atoms with Gasteiger partial charge in [0.25, 0.3) is 0 Å². The van der Waals surface area contributed by atoms with Crippen molar-refractivity contribution >= 4 is 12.0 Å². The van der Waals surface area contributed by atoms with Gasteiger partial charge in [0.05, 0.1) is 21.3 Å². The Morgan fingerprint density at radius 3 is 2.17 bits per heavy atom. The Morgan fingerprint density at radius 2 is 1.58 bits per heavy atom. The van der Waals surface area contributed by atoms with Crippen molar-refractivity contribution < 1.29 is 18.6 Å². The average Bonchev–Trinajstić information content (AvgIpc) is 3.09. The molecule has 124 valence electrons. The quantitative estimate of drug-likeness (QED) is 0.729. The number of rotatable bonds is 6. The molecule has 0 aliphatic rings. The molecule has 1 N–H and O–H groups in total. The topological polar surface area (TPSA) is 104 Å². The summed E-state index contributed by atoms with van der Waals surface area (Å²) < 4.78 is 21.5. The van der Waals surface area contributed by atoms with Crippen LogP contribution in [0.2, 0.25) is 0 Å². The van der Waals surface area contributed by atoms with Crippen molar-refractivity contribution in [3.8, 4) is 28.7 Å². The highest BCUT2D eigenvalue weighted by Crippen LogP contribution is 2.41. The molecule has 0 amide bonds. The number of methoxy groups -OCH3 is 3. The van der Waals surface area contributed by atoms with Crippen molar-refractivity contribution in [3.05, 3.63) is 30.6 Å². The summed E-state index contributed by atoms with van der Waals surface area (Å²) in [5, 5.41) is 10.7. The summed E-state index contributed by atoms with van der Waals surface area (Å²) in [6, 6.07) is 5.32. The van der Waals surface area contributed by atoms with Crippen LogP contribution in [0.1, 0.15) is 0 Å². The average molecular weight is 329 g/mol. The first-order chi connectivity index (χ1) is 11.7. The lowest BCUT2D eigenvalue weighted by Gasteiger charge is -2.12. The normalized spacial score (nSPS) is 10.3. The van der Waals surface area contributed by atoms with Gasteiger partial charge in [-0.05, 0) is 18.2 Å². The van der Waals surface area contributed by atoms with Crippen LogP contribution in [-0.4, -0.2) is 41.5 Å². The van der Waals surface area contributed by atoms with E-state index in [2.05, 4.69) is 25.5 Å². The highest BCUT2D eigenvalue weighted by molar-refractivity contribution is 5.66. The number of hydrogen-bond acceptors (Lipinski definition) is 9. The van der Waals surface area contributed by atoms with Crippen molar-refractivity contribution in [1.29, 1.82) is 0 Å². The van der Waals surface area contributed by atoms with Crippen LogP contribution < -0.4 is 19.5 Å². The maximum atomic E-state index is 5.58. The number of ether oxygens (including phenoxy) is 3. The molecular formula is C15H15N5O4. The van der Waals surface area contributed by atoms with Crippen molar-refractivity contribution in [1.82, 2.24) is 20.2 Å². The monoisotopic (exact) mass is 329 g/mol. The molecule has 0 saturated heterocycles. The molecule has 9 nitrogen and oxygen atoms in total. The van der Waals surface area contributed by atoms with Crippen LogP contribution >= 0.6 is 0 Å². The third-order valence-corrected chi connectivity index (χ3v) is 3.12. The molecule has 2 heterocycles. The standard InChI is InChI=1S/C15H15N5O4/c1-21-10-7-9(8-11(22-2)12(10)23-3)13-19-20-15(24-13)18-14-16-5-4-6-17-14/h4-8H,1-3H3,(H,16,17,18,20). The van der Waals surface area contributed by atoms with E-state index < -0.39 is 0 Å². The summed E-state index contributed by atoms with van der Waals surface area (Å²) in [6.07, 6.45) is 3.21. The lowest BCUT2D eigenvalue weighted by molar-refractivity contribution is 0.324. The van der Waals surface area contributed by atoms with Crippen LogP contribution in [-0.2, 0) is 0 Å². The summed E-state index contributed by atoms with van der Waals surface area (Å²) >= 11 is 0. The number of nitrogens with one attached hydrogen (secondary N) is 1. The van der Waals surface area contributed by atoms with Gasteiger partial charge >= 0.3 is 6.01 Å². The van der Waals surface area contributed by atoms with E-state index in [0.29, 0.717) is 28.8 Å². The molecule has 0 atom stereocenters. The van der Waals surface area contributed by atoms with E-state index in [4.69, 9.17) is 18.6 Å². The molecule has 0 radical (unpaired) electrons. The molecule has 0 unspecified atom stereocenters. The molecule has 0 saturated carbocycles. The lowest BCUT2D eigenvalue weighted by Crippen LogP contribution is -1.95. The zero-order chi connectivity index (χ0) is 16.9. The second kappa shape index (κ2) is 6.82. The van der Waals surface area contributed by atoms with Crippen molar-refractivity contribution in [2.45, 2.75) is 0 Å². The molecule has 9 heteroatoms. The Labute approximate surface area is 137 Å². The van der Waals surface area contributed by atoms with Crippen LogP contribution in [0.5, 0.6) is 17.2 Å². The van der Waals surface area contributed by atoms with Gasteiger partial charge in [-0.2, -0.15) is 0 Å². The Morgan fingerprint density at radius 1 is 0.917 bits per heavy atom. The predicted octanol–water partition coefficient (Wildman–Crippen LogP) is 2.30. The van der Waals surface area contributed by atoms with E-state index in [-0.39, 0.29) is 11.9 Å². The van der Waals surface area contributed by atoms with Gasteiger partial charge in [0, 0.05) is 18.0 Å². The molecule has 24 heavy (non-hydrogen) atoms. The van der Waals surface area contributed by atoms with Crippen LogP contribution in [0.15, 0.2) is 35.0 Å². The maximum Gasteiger partial charge on any atom is 0.322 e. The summed E-state index contributed by atoms with van der Waals surface area (Å²) in [6.45, 7) is 0. The minimum Gasteiger partial charge on any atom is -0.493 e. The molecule has 3 aromatic rings. The van der Waals surface area contributed by atoms with Gasteiger partial charge in [0.15, 0.2) is 11.5 Å². The van der Waals surface area contributed by atoms with E-state index >= 15 is 0 Å². The maximum absolute atomic E-state index is 5.58. The summed E-state index contributed by atoms with van der Waals surface area (Å²) in [5.74, 6) is 2.11. The fourth-order valence-corrected chi connectivity index (χ4v) is 2.05. The molecule has 0 aliphatic heterocycles. The van der Waals surface area contributed by atoms with Crippen molar-refractivity contribution in [2.24, 2.45) is 0 Å². The van der Waals surface area contributed by atoms with Gasteiger partial charge in [-0.15, -0.1) is 5.10 Å². The Balaban J connectivity index is 1.92. The first kappa shape index (κ1) is 15.5. The van der Waals surface area contributed by atoms with E-state index in [1.807, 2.05) is 0 Å². The third kappa shape index (κ3) is 3.05. The molecule has 0 aliphatic carbocycles. The molecular weight excluding hydrogens is 314 g/mol. The zero-order valence-corrected chi connectivity index (χ0v) is 13.3. The fourth-order valence-electron chi connectivity index (χ4n) is 2.05. The zero-order valence-electron chi connectivity index (χ0n) is 13.3. The largest absolute Gasteiger partial charge is 0.493 e. The van der Waals surface area contributed by atoms with Gasteiger partial charge in [0.2, 0.25) is 17.6 Å². The molecule has 1 aromatic carbocycles. The minimum absolute atomic E-state index is 0.171. The van der Waals surface area contributed by atoms with Crippen LogP contribution in [0.3, 0.4) is 0 Å². The van der Waals surface area contributed by atoms with E-state index in [9.17, 15) is 0 Å². The van der Waals surface area contributed by atoms with Crippen LogP contribution in [0.25, 0.3) is 11.5 Å². The number of nitrogens with zero attached hydrogens (tertiary/aromatic N) is 4. The van der Waals surface area contributed by atoms with Gasteiger partial charge in [0.1, 0.15) is 0 Å². The minimum atomic E-state index is 0.171. The summed E-state index contributed by atoms with van der Waals surface area (Å²) in [4.78, 5) is 8.05. The first-order valence-corrected chi connectivity index (χ1v) is 6.93. The van der Waals surface area contributed by atoms with Gasteiger partial charge in [-0.25, -0.2) is 9.97 Å². The predicted molar refractivity (Wildman–Crippen MR) is 84.7 cm³/mol. The van der Waals surface area contributed by atoms with E-state index in [1.54, 1.807) is 30.6 Å². The Kier molecular flexibility index (Phi) is 4.41. The second-order valence-corrected chi connectivity index (χ2v) is 4.52. The fraction of sp³-hybridized carbons (Fsp3) is 0.200. The number of benzene rings is 1. The molecule has 0 spiro atoms. The molecule has 3 rings (SSSR count). The van der Waals surface area contributed by atoms with Gasteiger partial charge in [-0.3, -0.25) is 5.32 Å². The number of hydrogen-bond donors (Lipinski definition) is 1. The van der Waals surface area contributed by atoms with Crippen molar-refractivity contribution in [3.63, 3.8) is 0 Å². The van der Waals surface area contributed by atoms with E-state index in [1.165, 1.54) is 21.3 Å². The highest BCUT2D eigenvalue weighted by atomic mass is 16.5. The Hall–Kier alpha value is -3.36. The van der Waals surface area contributed by atoms with Gasteiger partial charge in [-0.1, -0.05) is 5.10 Å². The second-order valence-electron chi connectivity index (χ2n) is 4.52. The number of aromatic nitrogens is 4. The SMILES string of the molecule is COc1cc(-c2nnc(Nc3ncccn3)o2)cc(OC)c1OC. The molecule has 0 fully saturated rings. The highest BCUT2D eigenvalue weighted by Gasteiger charge is 2.17. The lowest BCUT2D eigenvalue weighted by atomic mass is 10.2. The number of anilines is 2. The molecule has 2 aromatic heterocycles. The van der Waals surface area contributed by atoms with Crippen LogP contribution in [0, 0.1) is 0 Å². The smallest absolute Gasteiger partial charge is 0.322 e. The molecule has 0 bridgehead atoms.